The van der Waals surface area contributed by atoms with Crippen molar-refractivity contribution >= 4 is 31.5 Å². The first-order valence-corrected chi connectivity index (χ1v) is 12.0. The van der Waals surface area contributed by atoms with E-state index in [2.05, 4.69) is 4.99 Å². The number of sulfone groups is 2. The molecule has 0 saturated carbocycles. The fraction of sp³-hybridized carbons (Fsp3) is 0.263. The van der Waals surface area contributed by atoms with E-state index in [0.29, 0.717) is 11.1 Å². The second-order valence-corrected chi connectivity index (χ2v) is 10.6. The Morgan fingerprint density at radius 1 is 0.966 bits per heavy atom. The van der Waals surface area contributed by atoms with Gasteiger partial charge in [-0.05, 0) is 49.6 Å². The van der Waals surface area contributed by atoms with Gasteiger partial charge in [0.2, 0.25) is 9.84 Å². The zero-order chi connectivity index (χ0) is 22.1. The van der Waals surface area contributed by atoms with Crippen molar-refractivity contribution in [1.82, 2.24) is 0 Å². The minimum atomic E-state index is -4.17. The van der Waals surface area contributed by atoms with Crippen molar-refractivity contribution in [2.24, 2.45) is 16.5 Å². The second kappa shape index (κ2) is 7.96. The number of hydrogen-bond acceptors (Lipinski definition) is 5. The lowest BCUT2D eigenvalue weighted by Gasteiger charge is -2.15. The highest BCUT2D eigenvalue weighted by Crippen LogP contribution is 2.32. The average molecular weight is 438 g/mol. The zero-order valence-corrected chi connectivity index (χ0v) is 18.2. The van der Waals surface area contributed by atoms with Crippen molar-refractivity contribution in [3.63, 3.8) is 0 Å². The summed E-state index contributed by atoms with van der Waals surface area (Å²) < 4.78 is 51.5. The molecule has 10 heteroatoms. The van der Waals surface area contributed by atoms with Crippen LogP contribution in [0, 0.1) is 13.8 Å². The van der Waals surface area contributed by atoms with Gasteiger partial charge in [-0.15, -0.1) is 0 Å². The van der Waals surface area contributed by atoms with E-state index in [1.165, 1.54) is 12.1 Å². The number of carbonyl (C=O) groups excluding carboxylic acids is 1. The largest absolute Gasteiger partial charge is 0.370 e. The van der Waals surface area contributed by atoms with E-state index in [9.17, 15) is 21.6 Å². The van der Waals surface area contributed by atoms with Crippen LogP contribution in [0.1, 0.15) is 34.0 Å². The number of carbonyl (C=O) groups is 1. The Bertz CT molecular complexity index is 1230. The van der Waals surface area contributed by atoms with Gasteiger partial charge >= 0.3 is 0 Å². The number of hydrogen-bond donors (Lipinski definition) is 2. The zero-order valence-electron chi connectivity index (χ0n) is 16.6. The molecule has 2 aromatic rings. The van der Waals surface area contributed by atoms with Crippen molar-refractivity contribution in [2.45, 2.75) is 41.9 Å². The average Bonchev–Trinajstić information content (AvgIpc) is 2.58. The lowest BCUT2D eigenvalue weighted by atomic mass is 10.0. The van der Waals surface area contributed by atoms with E-state index >= 15 is 0 Å². The Morgan fingerprint density at radius 3 is 2.07 bits per heavy atom. The number of nitrogens with zero attached hydrogens (tertiary/aromatic N) is 1. The normalized spacial score (nSPS) is 11.9. The van der Waals surface area contributed by atoms with E-state index in [1.54, 1.807) is 26.0 Å². The maximum atomic E-state index is 13.3. The fourth-order valence-corrected chi connectivity index (χ4v) is 6.12. The van der Waals surface area contributed by atoms with Crippen molar-refractivity contribution in [3.05, 3.63) is 52.6 Å². The molecule has 0 aliphatic heterocycles. The van der Waals surface area contributed by atoms with Gasteiger partial charge in [0.25, 0.3) is 5.91 Å². The fourth-order valence-electron chi connectivity index (χ4n) is 2.99. The van der Waals surface area contributed by atoms with E-state index in [-0.39, 0.29) is 21.8 Å². The summed E-state index contributed by atoms with van der Waals surface area (Å²) in [5.41, 5.74) is 12.1. The number of aryl methyl sites for hydroxylation is 3. The Morgan fingerprint density at radius 2 is 1.59 bits per heavy atom. The van der Waals surface area contributed by atoms with Crippen molar-refractivity contribution in [2.75, 3.05) is 6.26 Å². The molecule has 1 amide bonds. The number of nitrogens with two attached hydrogens (primary N) is 2. The van der Waals surface area contributed by atoms with Crippen molar-refractivity contribution < 1.29 is 21.6 Å². The molecule has 2 aromatic carbocycles. The van der Waals surface area contributed by atoms with Gasteiger partial charge in [-0.3, -0.25) is 4.79 Å². The molecule has 0 spiro atoms. The summed E-state index contributed by atoms with van der Waals surface area (Å²) in [5.74, 6) is -1.33. The number of benzene rings is 2. The third-order valence-corrected chi connectivity index (χ3v) is 7.54. The maximum absolute atomic E-state index is 13.3. The summed E-state index contributed by atoms with van der Waals surface area (Å²) in [6.45, 7) is 5.16. The topological polar surface area (TPSA) is 150 Å². The number of aliphatic imine (C=N–C) groups is 1. The molecule has 0 fully saturated rings. The lowest BCUT2D eigenvalue weighted by Crippen LogP contribution is -2.24. The third kappa shape index (κ3) is 4.65. The maximum Gasteiger partial charge on any atom is 0.280 e. The van der Waals surface area contributed by atoms with Crippen LogP contribution >= 0.6 is 0 Å². The van der Waals surface area contributed by atoms with Crippen LogP contribution in [0.2, 0.25) is 0 Å². The van der Waals surface area contributed by atoms with Gasteiger partial charge in [-0.1, -0.05) is 24.6 Å². The highest BCUT2D eigenvalue weighted by atomic mass is 32.2. The van der Waals surface area contributed by atoms with Gasteiger partial charge in [-0.25, -0.2) is 16.8 Å². The van der Waals surface area contributed by atoms with Gasteiger partial charge < -0.3 is 11.5 Å². The second-order valence-electron chi connectivity index (χ2n) is 6.70. The molecule has 2 rings (SSSR count). The Balaban J connectivity index is 2.91. The molecule has 0 aromatic heterocycles. The third-order valence-electron chi connectivity index (χ3n) is 4.32. The van der Waals surface area contributed by atoms with Crippen LogP contribution in [0.15, 0.2) is 50.0 Å². The summed E-state index contributed by atoms with van der Waals surface area (Å²) in [6, 6.07) is 7.01. The first-order valence-electron chi connectivity index (χ1n) is 8.62. The van der Waals surface area contributed by atoms with Crippen LogP contribution in [0.4, 0.5) is 0 Å². The van der Waals surface area contributed by atoms with Crippen LogP contribution in [-0.4, -0.2) is 35.0 Å². The lowest BCUT2D eigenvalue weighted by molar-refractivity contribution is 0.100. The smallest absolute Gasteiger partial charge is 0.280 e. The van der Waals surface area contributed by atoms with Crippen LogP contribution < -0.4 is 11.5 Å². The summed E-state index contributed by atoms with van der Waals surface area (Å²) >= 11 is 0. The highest BCUT2D eigenvalue weighted by Gasteiger charge is 2.30. The summed E-state index contributed by atoms with van der Waals surface area (Å²) in [5, 5.41) is 0. The van der Waals surface area contributed by atoms with Gasteiger partial charge in [0.15, 0.2) is 15.8 Å². The molecule has 0 atom stereocenters. The first kappa shape index (κ1) is 22.6. The van der Waals surface area contributed by atoms with Gasteiger partial charge in [0.1, 0.15) is 0 Å². The van der Waals surface area contributed by atoms with Gasteiger partial charge in [0, 0.05) is 11.8 Å². The van der Waals surface area contributed by atoms with Crippen molar-refractivity contribution in [3.8, 4) is 0 Å². The molecular formula is C19H23N3O5S2. The summed E-state index contributed by atoms with van der Waals surface area (Å²) in [7, 11) is -8.17. The predicted octanol–water partition coefficient (Wildman–Crippen LogP) is 1.52. The molecule has 0 saturated heterocycles. The quantitative estimate of drug-likeness (QED) is 0.532. The summed E-state index contributed by atoms with van der Waals surface area (Å²) in [6.07, 6.45) is 1.14. The van der Waals surface area contributed by atoms with Crippen LogP contribution in [0.3, 0.4) is 0 Å². The number of guanidine groups is 1. The monoisotopic (exact) mass is 437 g/mol. The molecule has 4 N–H and O–H groups in total. The molecule has 0 heterocycles. The predicted molar refractivity (Wildman–Crippen MR) is 110 cm³/mol. The number of amides is 1. The van der Waals surface area contributed by atoms with Crippen molar-refractivity contribution in [1.29, 1.82) is 0 Å². The minimum absolute atomic E-state index is 0.00152. The minimum Gasteiger partial charge on any atom is -0.370 e. The van der Waals surface area contributed by atoms with E-state index in [0.717, 1.165) is 17.9 Å². The molecular weight excluding hydrogens is 414 g/mol. The molecule has 156 valence electrons. The Hall–Kier alpha value is -2.72. The van der Waals surface area contributed by atoms with E-state index in [1.807, 2.05) is 6.92 Å². The molecule has 0 bridgehead atoms. The highest BCUT2D eigenvalue weighted by molar-refractivity contribution is 7.94. The molecule has 29 heavy (non-hydrogen) atoms. The SMILES string of the molecule is CCc1cc(S(=O)(=O)c2ccc(C)cc2C)c(S(C)(=O)=O)cc1C(=O)N=C(N)N. The van der Waals surface area contributed by atoms with Gasteiger partial charge in [0.05, 0.1) is 14.7 Å². The summed E-state index contributed by atoms with van der Waals surface area (Å²) in [4.78, 5) is 14.9. The molecule has 0 radical (unpaired) electrons. The van der Waals surface area contributed by atoms with E-state index in [4.69, 9.17) is 11.5 Å². The Labute approximate surface area is 170 Å². The molecule has 0 aliphatic rings. The Kier molecular flexibility index (Phi) is 6.19. The first-order chi connectivity index (χ1) is 13.3. The molecule has 0 aliphatic carbocycles. The molecule has 8 nitrogen and oxygen atoms in total. The van der Waals surface area contributed by atoms with Gasteiger partial charge in [-0.2, -0.15) is 4.99 Å². The van der Waals surface area contributed by atoms with E-state index < -0.39 is 36.4 Å². The number of rotatable bonds is 5. The van der Waals surface area contributed by atoms with Crippen LogP contribution in [-0.2, 0) is 26.1 Å². The molecule has 0 unspecified atom stereocenters. The van der Waals surface area contributed by atoms with Crippen LogP contribution in [0.25, 0.3) is 0 Å². The standard InChI is InChI=1S/C19H23N3O5S2/c1-5-13-9-17(29(26,27)15-7-6-11(2)8-12(15)3)16(28(4,24)25)10-14(13)18(23)22-19(20)21/h6-10H,5H2,1-4H3,(H4,20,21,22,23). The van der Waals surface area contributed by atoms with Crippen LogP contribution in [0.5, 0.6) is 0 Å².